The van der Waals surface area contributed by atoms with E-state index in [-0.39, 0.29) is 11.9 Å². The number of rotatable bonds is 6. The molecular formula is C15H31N3O. The van der Waals surface area contributed by atoms with E-state index < -0.39 is 5.54 Å². The number of carbonyl (C=O) groups is 1. The van der Waals surface area contributed by atoms with Crippen molar-refractivity contribution in [3.8, 4) is 0 Å². The Hall–Kier alpha value is -0.610. The summed E-state index contributed by atoms with van der Waals surface area (Å²) in [6, 6.07) is 1.25. The Morgan fingerprint density at radius 1 is 1.42 bits per heavy atom. The number of nitrogens with one attached hydrogen (secondary N) is 1. The zero-order valence-corrected chi connectivity index (χ0v) is 13.2. The fourth-order valence-electron chi connectivity index (χ4n) is 3.55. The summed E-state index contributed by atoms with van der Waals surface area (Å²) in [5.41, 5.74) is 5.20. The number of amides is 1. The Morgan fingerprint density at radius 3 is 2.47 bits per heavy atom. The highest BCUT2D eigenvalue weighted by atomic mass is 16.1. The number of carbonyl (C=O) groups excluding carboxylic acids is 1. The van der Waals surface area contributed by atoms with Gasteiger partial charge in [-0.15, -0.1) is 0 Å². The van der Waals surface area contributed by atoms with E-state index in [0.717, 1.165) is 25.8 Å². The lowest BCUT2D eigenvalue weighted by Crippen LogP contribution is -2.62. The Labute approximate surface area is 118 Å². The molecule has 0 aromatic heterocycles. The summed E-state index contributed by atoms with van der Waals surface area (Å²) >= 11 is 0. The van der Waals surface area contributed by atoms with Crippen molar-refractivity contribution in [1.82, 2.24) is 10.2 Å². The summed E-state index contributed by atoms with van der Waals surface area (Å²) in [5.74, 6) is -0.189. The van der Waals surface area contributed by atoms with Crippen LogP contribution in [-0.4, -0.2) is 41.0 Å². The van der Waals surface area contributed by atoms with Gasteiger partial charge in [-0.25, -0.2) is 0 Å². The minimum absolute atomic E-state index is 0.189. The first-order valence-corrected chi connectivity index (χ1v) is 7.65. The molecule has 1 rings (SSSR count). The van der Waals surface area contributed by atoms with Crippen LogP contribution in [0.4, 0.5) is 0 Å². The molecule has 0 aliphatic heterocycles. The van der Waals surface area contributed by atoms with Gasteiger partial charge in [-0.3, -0.25) is 9.69 Å². The van der Waals surface area contributed by atoms with Gasteiger partial charge in [-0.2, -0.15) is 0 Å². The maximum atomic E-state index is 12.0. The van der Waals surface area contributed by atoms with E-state index in [2.05, 4.69) is 44.8 Å². The molecule has 1 amide bonds. The average molecular weight is 269 g/mol. The lowest BCUT2D eigenvalue weighted by atomic mass is 9.77. The van der Waals surface area contributed by atoms with Gasteiger partial charge in [-0.05, 0) is 59.9 Å². The van der Waals surface area contributed by atoms with E-state index in [4.69, 9.17) is 5.73 Å². The standard InChI is InChI=1S/C15H31N3O/c1-6-18(12(4)5)13-8-7-9-15(10-13,14(16)19)17-11(2)3/h11-13,17H,6-10H2,1-5H3,(H2,16,19). The van der Waals surface area contributed by atoms with E-state index in [1.54, 1.807) is 0 Å². The highest BCUT2D eigenvalue weighted by Crippen LogP contribution is 2.32. The topological polar surface area (TPSA) is 58.4 Å². The molecule has 0 spiro atoms. The minimum atomic E-state index is -0.514. The minimum Gasteiger partial charge on any atom is -0.368 e. The molecule has 2 atom stereocenters. The van der Waals surface area contributed by atoms with Crippen LogP contribution in [0.5, 0.6) is 0 Å². The van der Waals surface area contributed by atoms with Crippen LogP contribution < -0.4 is 11.1 Å². The van der Waals surface area contributed by atoms with Gasteiger partial charge in [0.05, 0.1) is 5.54 Å². The SMILES string of the molecule is CCN(C(C)C)C1CCCC(NC(C)C)(C(N)=O)C1. The van der Waals surface area contributed by atoms with Crippen LogP contribution in [-0.2, 0) is 4.79 Å². The van der Waals surface area contributed by atoms with Crippen LogP contribution in [0.25, 0.3) is 0 Å². The molecular weight excluding hydrogens is 238 g/mol. The van der Waals surface area contributed by atoms with Crippen molar-refractivity contribution in [2.75, 3.05) is 6.54 Å². The van der Waals surface area contributed by atoms with E-state index in [9.17, 15) is 4.79 Å². The van der Waals surface area contributed by atoms with Crippen molar-refractivity contribution < 1.29 is 4.79 Å². The second kappa shape index (κ2) is 6.71. The predicted octanol–water partition coefficient (Wildman–Crippen LogP) is 1.88. The molecule has 1 aliphatic carbocycles. The van der Waals surface area contributed by atoms with Gasteiger partial charge < -0.3 is 11.1 Å². The second-order valence-electron chi connectivity index (χ2n) is 6.42. The van der Waals surface area contributed by atoms with Gasteiger partial charge >= 0.3 is 0 Å². The van der Waals surface area contributed by atoms with Crippen molar-refractivity contribution in [3.63, 3.8) is 0 Å². The van der Waals surface area contributed by atoms with E-state index in [1.165, 1.54) is 6.42 Å². The van der Waals surface area contributed by atoms with E-state index in [0.29, 0.717) is 12.1 Å². The molecule has 19 heavy (non-hydrogen) atoms. The highest BCUT2D eigenvalue weighted by Gasteiger charge is 2.43. The third kappa shape index (κ3) is 3.93. The van der Waals surface area contributed by atoms with Gasteiger partial charge in [0.25, 0.3) is 0 Å². The zero-order chi connectivity index (χ0) is 14.6. The van der Waals surface area contributed by atoms with Gasteiger partial charge in [-0.1, -0.05) is 6.92 Å². The largest absolute Gasteiger partial charge is 0.368 e. The zero-order valence-electron chi connectivity index (χ0n) is 13.2. The molecule has 1 fully saturated rings. The summed E-state index contributed by atoms with van der Waals surface area (Å²) < 4.78 is 0. The molecule has 0 aromatic rings. The third-order valence-electron chi connectivity index (χ3n) is 4.26. The first kappa shape index (κ1) is 16.4. The highest BCUT2D eigenvalue weighted by molar-refractivity contribution is 5.85. The maximum absolute atomic E-state index is 12.0. The first-order valence-electron chi connectivity index (χ1n) is 7.65. The summed E-state index contributed by atoms with van der Waals surface area (Å²) in [6.45, 7) is 11.8. The molecule has 2 unspecified atom stereocenters. The fourth-order valence-corrected chi connectivity index (χ4v) is 3.55. The Balaban J connectivity index is 2.87. The normalized spacial score (nSPS) is 28.3. The molecule has 112 valence electrons. The Kier molecular flexibility index (Phi) is 5.81. The monoisotopic (exact) mass is 269 g/mol. The van der Waals surface area contributed by atoms with Gasteiger partial charge in [0.15, 0.2) is 0 Å². The van der Waals surface area contributed by atoms with Gasteiger partial charge in [0.1, 0.15) is 0 Å². The molecule has 0 saturated heterocycles. The van der Waals surface area contributed by atoms with Gasteiger partial charge in [0.2, 0.25) is 5.91 Å². The average Bonchev–Trinajstić information content (AvgIpc) is 2.28. The fraction of sp³-hybridized carbons (Fsp3) is 0.933. The lowest BCUT2D eigenvalue weighted by Gasteiger charge is -2.45. The summed E-state index contributed by atoms with van der Waals surface area (Å²) in [4.78, 5) is 14.5. The Bertz CT molecular complexity index is 304. The molecule has 0 heterocycles. The number of primary amides is 1. The van der Waals surface area contributed by atoms with Crippen molar-refractivity contribution >= 4 is 5.91 Å². The molecule has 3 N–H and O–H groups in total. The summed E-state index contributed by atoms with van der Waals surface area (Å²) in [6.07, 6.45) is 3.94. The van der Waals surface area contributed by atoms with Crippen molar-refractivity contribution in [2.45, 2.75) is 84.0 Å². The van der Waals surface area contributed by atoms with E-state index >= 15 is 0 Å². The van der Waals surface area contributed by atoms with Crippen LogP contribution in [0.15, 0.2) is 0 Å². The van der Waals surface area contributed by atoms with Crippen molar-refractivity contribution in [1.29, 1.82) is 0 Å². The number of nitrogens with zero attached hydrogens (tertiary/aromatic N) is 1. The number of hydrogen-bond acceptors (Lipinski definition) is 3. The molecule has 0 bridgehead atoms. The molecule has 0 radical (unpaired) electrons. The van der Waals surface area contributed by atoms with Crippen molar-refractivity contribution in [2.24, 2.45) is 5.73 Å². The second-order valence-corrected chi connectivity index (χ2v) is 6.42. The quantitative estimate of drug-likeness (QED) is 0.774. The molecule has 0 aromatic carbocycles. The molecule has 4 heteroatoms. The number of hydrogen-bond donors (Lipinski definition) is 2. The van der Waals surface area contributed by atoms with Crippen LogP contribution in [0.2, 0.25) is 0 Å². The van der Waals surface area contributed by atoms with Crippen LogP contribution in [0, 0.1) is 0 Å². The lowest BCUT2D eigenvalue weighted by molar-refractivity contribution is -0.127. The van der Waals surface area contributed by atoms with Gasteiger partial charge in [0, 0.05) is 18.1 Å². The first-order chi connectivity index (χ1) is 8.82. The smallest absolute Gasteiger partial charge is 0.237 e. The Morgan fingerprint density at radius 2 is 2.05 bits per heavy atom. The maximum Gasteiger partial charge on any atom is 0.237 e. The van der Waals surface area contributed by atoms with Crippen LogP contribution in [0.1, 0.15) is 60.3 Å². The number of nitrogens with two attached hydrogens (primary N) is 1. The van der Waals surface area contributed by atoms with Crippen LogP contribution in [0.3, 0.4) is 0 Å². The molecule has 1 aliphatic rings. The summed E-state index contributed by atoms with van der Waals surface area (Å²) in [7, 11) is 0. The van der Waals surface area contributed by atoms with E-state index in [1.807, 2.05) is 0 Å². The summed E-state index contributed by atoms with van der Waals surface area (Å²) in [5, 5.41) is 3.44. The van der Waals surface area contributed by atoms with Crippen molar-refractivity contribution in [3.05, 3.63) is 0 Å². The third-order valence-corrected chi connectivity index (χ3v) is 4.26. The predicted molar refractivity (Wildman–Crippen MR) is 80.0 cm³/mol. The molecule has 4 nitrogen and oxygen atoms in total. The molecule has 1 saturated carbocycles. The van der Waals surface area contributed by atoms with Crippen LogP contribution >= 0.6 is 0 Å².